The highest BCUT2D eigenvalue weighted by atomic mass is 16.6. The minimum atomic E-state index is -0.639. The third-order valence-electron chi connectivity index (χ3n) is 6.06. The van der Waals surface area contributed by atoms with Crippen LogP contribution < -0.4 is 30.0 Å². The maximum absolute atomic E-state index is 13.0. The highest BCUT2D eigenvalue weighted by Gasteiger charge is 2.34. The summed E-state index contributed by atoms with van der Waals surface area (Å²) in [7, 11) is 3.18. The number of nitrogens with two attached hydrogens (primary N) is 1. The highest BCUT2D eigenvalue weighted by Crippen LogP contribution is 2.38. The number of amides is 1. The number of piperazine rings is 1. The molecule has 1 amide bonds. The predicted octanol–water partition coefficient (Wildman–Crippen LogP) is 1.43. The van der Waals surface area contributed by atoms with E-state index in [9.17, 15) is 4.79 Å². The van der Waals surface area contributed by atoms with E-state index in [1.807, 2.05) is 41.3 Å². The topological polar surface area (TPSA) is 111 Å². The smallest absolute Gasteiger partial charge is 0.267 e. The number of nitrogens with zero attached hydrogens (tertiary/aromatic N) is 3. The molecule has 174 valence electrons. The first-order chi connectivity index (χ1) is 16.1. The van der Waals surface area contributed by atoms with Crippen LogP contribution in [0.15, 0.2) is 41.4 Å². The van der Waals surface area contributed by atoms with Gasteiger partial charge in [-0.05, 0) is 18.2 Å². The largest absolute Gasteiger partial charge is 0.493 e. The normalized spacial score (nSPS) is 21.5. The summed E-state index contributed by atoms with van der Waals surface area (Å²) in [6, 6.07) is 11.1. The number of hydrogen-bond donors (Lipinski definition) is 2. The Balaban J connectivity index is 1.23. The lowest BCUT2D eigenvalue weighted by Crippen LogP contribution is -2.56. The van der Waals surface area contributed by atoms with Crippen molar-refractivity contribution in [2.24, 2.45) is 10.7 Å². The number of aliphatic imine (C=N–C) groups is 1. The summed E-state index contributed by atoms with van der Waals surface area (Å²) in [5.41, 5.74) is 7.99. The van der Waals surface area contributed by atoms with Gasteiger partial charge in [-0.3, -0.25) is 4.79 Å². The Morgan fingerprint density at radius 2 is 1.79 bits per heavy atom. The molecule has 1 saturated heterocycles. The van der Waals surface area contributed by atoms with Crippen molar-refractivity contribution in [2.45, 2.75) is 12.3 Å². The van der Waals surface area contributed by atoms with E-state index in [0.29, 0.717) is 55.1 Å². The van der Waals surface area contributed by atoms with Crippen molar-refractivity contribution in [2.75, 3.05) is 52.3 Å². The zero-order valence-corrected chi connectivity index (χ0v) is 18.6. The third-order valence-corrected chi connectivity index (χ3v) is 6.06. The molecule has 2 aromatic rings. The van der Waals surface area contributed by atoms with Crippen molar-refractivity contribution in [1.29, 1.82) is 0 Å². The lowest BCUT2D eigenvalue weighted by molar-refractivity contribution is -0.142. The van der Waals surface area contributed by atoms with Crippen molar-refractivity contribution in [3.63, 3.8) is 0 Å². The van der Waals surface area contributed by atoms with Crippen LogP contribution in [0.3, 0.4) is 0 Å². The zero-order valence-electron chi connectivity index (χ0n) is 18.6. The summed E-state index contributed by atoms with van der Waals surface area (Å²) in [5, 5.41) is 3.35. The molecule has 3 N–H and O–H groups in total. The SMILES string of the molecule is COc1cc2c(cc1OC)C(N)N=C(N1CCN(C(=O)C3COc4ccccc4O3)CC1)N2. The summed E-state index contributed by atoms with van der Waals surface area (Å²) in [6.45, 7) is 2.56. The zero-order chi connectivity index (χ0) is 22.9. The number of carbonyl (C=O) groups excluding carboxylic acids is 1. The van der Waals surface area contributed by atoms with E-state index in [4.69, 9.17) is 24.7 Å². The molecule has 33 heavy (non-hydrogen) atoms. The second-order valence-electron chi connectivity index (χ2n) is 7.99. The van der Waals surface area contributed by atoms with E-state index in [2.05, 4.69) is 15.2 Å². The number of benzene rings is 2. The molecule has 5 rings (SSSR count). The fraction of sp³-hybridized carbons (Fsp3) is 0.391. The van der Waals surface area contributed by atoms with Crippen LogP contribution >= 0.6 is 0 Å². The van der Waals surface area contributed by atoms with E-state index in [1.54, 1.807) is 14.2 Å². The van der Waals surface area contributed by atoms with Crippen molar-refractivity contribution in [3.05, 3.63) is 42.0 Å². The Hall–Kier alpha value is -3.66. The van der Waals surface area contributed by atoms with Gasteiger partial charge in [0.25, 0.3) is 5.91 Å². The molecule has 2 aromatic carbocycles. The Morgan fingerprint density at radius 3 is 2.52 bits per heavy atom. The van der Waals surface area contributed by atoms with Gasteiger partial charge in [0.1, 0.15) is 12.8 Å². The predicted molar refractivity (Wildman–Crippen MR) is 122 cm³/mol. The van der Waals surface area contributed by atoms with Crippen LogP contribution in [0.5, 0.6) is 23.0 Å². The van der Waals surface area contributed by atoms with Crippen LogP contribution in [0.4, 0.5) is 5.69 Å². The monoisotopic (exact) mass is 453 g/mol. The number of nitrogens with one attached hydrogen (secondary N) is 1. The molecule has 10 heteroatoms. The van der Waals surface area contributed by atoms with Gasteiger partial charge in [-0.25, -0.2) is 4.99 Å². The molecular weight excluding hydrogens is 426 g/mol. The number of anilines is 1. The summed E-state index contributed by atoms with van der Waals surface area (Å²) >= 11 is 0. The van der Waals surface area contributed by atoms with Crippen LogP contribution in [0.25, 0.3) is 0 Å². The summed E-state index contributed by atoms with van der Waals surface area (Å²) in [6.07, 6.45) is -1.16. The van der Waals surface area contributed by atoms with Crippen LogP contribution in [0.2, 0.25) is 0 Å². The first-order valence-corrected chi connectivity index (χ1v) is 10.9. The number of rotatable bonds is 3. The molecule has 0 saturated carbocycles. The molecule has 0 bridgehead atoms. The lowest BCUT2D eigenvalue weighted by Gasteiger charge is -2.39. The first kappa shape index (κ1) is 21.2. The Morgan fingerprint density at radius 1 is 1.09 bits per heavy atom. The second kappa shape index (κ2) is 8.70. The van der Waals surface area contributed by atoms with Gasteiger partial charge in [-0.15, -0.1) is 0 Å². The molecule has 10 nitrogen and oxygen atoms in total. The fourth-order valence-corrected chi connectivity index (χ4v) is 4.25. The average Bonchev–Trinajstić information content (AvgIpc) is 2.87. The maximum Gasteiger partial charge on any atom is 0.267 e. The molecule has 0 spiro atoms. The number of para-hydroxylation sites is 2. The Bertz CT molecular complexity index is 1080. The minimum absolute atomic E-state index is 0.0680. The van der Waals surface area contributed by atoms with Gasteiger partial charge in [0.15, 0.2) is 23.0 Å². The molecule has 3 aliphatic rings. The van der Waals surface area contributed by atoms with E-state index < -0.39 is 12.3 Å². The molecule has 0 radical (unpaired) electrons. The summed E-state index contributed by atoms with van der Waals surface area (Å²) < 4.78 is 22.4. The number of methoxy groups -OCH3 is 2. The van der Waals surface area contributed by atoms with Gasteiger partial charge in [-0.1, -0.05) is 12.1 Å². The molecule has 2 unspecified atom stereocenters. The third kappa shape index (κ3) is 3.97. The molecule has 0 aliphatic carbocycles. The van der Waals surface area contributed by atoms with Crippen LogP contribution in [0.1, 0.15) is 11.7 Å². The molecule has 3 heterocycles. The van der Waals surface area contributed by atoms with Gasteiger partial charge in [0.2, 0.25) is 12.1 Å². The van der Waals surface area contributed by atoms with Crippen molar-refractivity contribution >= 4 is 17.6 Å². The van der Waals surface area contributed by atoms with Gasteiger partial charge in [0.05, 0.1) is 19.9 Å². The summed E-state index contributed by atoms with van der Waals surface area (Å²) in [4.78, 5) is 21.5. The highest BCUT2D eigenvalue weighted by molar-refractivity contribution is 5.97. The number of ether oxygens (including phenoxy) is 4. The molecular formula is C23H27N5O5. The van der Waals surface area contributed by atoms with Gasteiger partial charge in [0, 0.05) is 37.8 Å². The van der Waals surface area contributed by atoms with Gasteiger partial charge in [-0.2, -0.15) is 0 Å². The van der Waals surface area contributed by atoms with Crippen molar-refractivity contribution < 1.29 is 23.7 Å². The quantitative estimate of drug-likeness (QED) is 0.718. The molecule has 3 aliphatic heterocycles. The van der Waals surface area contributed by atoms with Crippen LogP contribution in [-0.2, 0) is 4.79 Å². The minimum Gasteiger partial charge on any atom is -0.493 e. The van der Waals surface area contributed by atoms with E-state index >= 15 is 0 Å². The lowest BCUT2D eigenvalue weighted by atomic mass is 10.1. The Kier molecular flexibility index (Phi) is 5.59. The fourth-order valence-electron chi connectivity index (χ4n) is 4.25. The maximum atomic E-state index is 13.0. The van der Waals surface area contributed by atoms with Crippen molar-refractivity contribution in [1.82, 2.24) is 9.80 Å². The van der Waals surface area contributed by atoms with E-state index in [-0.39, 0.29) is 12.5 Å². The van der Waals surface area contributed by atoms with Crippen LogP contribution in [-0.4, -0.2) is 74.8 Å². The second-order valence-corrected chi connectivity index (χ2v) is 7.99. The number of hydrogen-bond acceptors (Lipinski definition) is 9. The van der Waals surface area contributed by atoms with Crippen LogP contribution in [0, 0.1) is 0 Å². The van der Waals surface area contributed by atoms with Gasteiger partial charge >= 0.3 is 0 Å². The number of guanidine groups is 1. The molecule has 2 atom stereocenters. The van der Waals surface area contributed by atoms with Gasteiger partial charge < -0.3 is 39.8 Å². The standard InChI is InChI=1S/C23H27N5O5/c1-30-18-11-14-15(12-19(18)31-2)25-23(26-21(14)24)28-9-7-27(8-10-28)22(29)20-13-32-16-5-3-4-6-17(16)33-20/h3-6,11-12,20-21H,7-10,13,24H2,1-2H3,(H,25,26). The van der Waals surface area contributed by atoms with E-state index in [0.717, 1.165) is 11.3 Å². The summed E-state index contributed by atoms with van der Waals surface area (Å²) in [5.74, 6) is 3.10. The molecule has 0 aromatic heterocycles. The van der Waals surface area contributed by atoms with E-state index in [1.165, 1.54) is 0 Å². The average molecular weight is 453 g/mol. The number of fused-ring (bicyclic) bond motifs is 2. The molecule has 1 fully saturated rings. The Labute approximate surface area is 191 Å². The first-order valence-electron chi connectivity index (χ1n) is 10.9. The van der Waals surface area contributed by atoms with Crippen molar-refractivity contribution in [3.8, 4) is 23.0 Å². The number of carbonyl (C=O) groups is 1.